The molecule has 4 rings (SSSR count). The first-order valence-electron chi connectivity index (χ1n) is 10.9. The van der Waals surface area contributed by atoms with E-state index in [1.807, 2.05) is 73.8 Å². The van der Waals surface area contributed by atoms with E-state index in [-0.39, 0.29) is 6.61 Å². The third-order valence-corrected chi connectivity index (χ3v) is 5.77. The Morgan fingerprint density at radius 2 is 1.57 bits per heavy atom. The molecule has 0 bridgehead atoms. The quantitative estimate of drug-likeness (QED) is 0.169. The molecule has 0 unspecified atom stereocenters. The second-order valence-corrected chi connectivity index (χ2v) is 8.22. The van der Waals surface area contributed by atoms with Crippen LogP contribution in [0, 0.1) is 0 Å². The third-order valence-electron chi connectivity index (χ3n) is 5.52. The molecule has 0 aliphatic carbocycles. The van der Waals surface area contributed by atoms with Crippen molar-refractivity contribution in [2.24, 2.45) is 7.05 Å². The zero-order valence-electron chi connectivity index (χ0n) is 19.7. The topological polar surface area (TPSA) is 62.6 Å². The minimum Gasteiger partial charge on any atom is -0.503 e. The fourth-order valence-electron chi connectivity index (χ4n) is 3.71. The van der Waals surface area contributed by atoms with Crippen molar-refractivity contribution in [1.29, 1.82) is 0 Å². The number of methoxy groups -OCH3 is 2. The Morgan fingerprint density at radius 3 is 2.23 bits per heavy atom. The first-order valence-corrected chi connectivity index (χ1v) is 11.3. The molecule has 1 aromatic heterocycles. The van der Waals surface area contributed by atoms with E-state index in [1.165, 1.54) is 20.5 Å². The SMILES string of the molecule is CO/C=C(/C(=O)OC)c1ccccc1COc1cc(-c2ccc(-c3ccc(Cl)cc3)cc2)nn1C. The Kier molecular flexibility index (Phi) is 7.53. The number of hydrogen-bond acceptors (Lipinski definition) is 5. The van der Waals surface area contributed by atoms with Crippen LogP contribution in [-0.2, 0) is 27.9 Å². The van der Waals surface area contributed by atoms with E-state index >= 15 is 0 Å². The normalized spacial score (nSPS) is 11.3. The summed E-state index contributed by atoms with van der Waals surface area (Å²) in [7, 11) is 4.66. The van der Waals surface area contributed by atoms with Gasteiger partial charge in [-0.3, -0.25) is 0 Å². The summed E-state index contributed by atoms with van der Waals surface area (Å²) < 4.78 is 17.8. The predicted molar refractivity (Wildman–Crippen MR) is 137 cm³/mol. The monoisotopic (exact) mass is 488 g/mol. The van der Waals surface area contributed by atoms with Gasteiger partial charge in [0.1, 0.15) is 12.2 Å². The van der Waals surface area contributed by atoms with Crippen LogP contribution < -0.4 is 4.74 Å². The number of carbonyl (C=O) groups is 1. The Morgan fingerprint density at radius 1 is 0.943 bits per heavy atom. The lowest BCUT2D eigenvalue weighted by atomic mass is 10.0. The number of hydrogen-bond donors (Lipinski definition) is 0. The second kappa shape index (κ2) is 10.9. The maximum absolute atomic E-state index is 12.2. The summed E-state index contributed by atoms with van der Waals surface area (Å²) in [5.41, 5.74) is 5.79. The van der Waals surface area contributed by atoms with Crippen LogP contribution in [0.2, 0.25) is 5.02 Å². The highest BCUT2D eigenvalue weighted by atomic mass is 35.5. The zero-order valence-corrected chi connectivity index (χ0v) is 20.5. The van der Waals surface area contributed by atoms with Gasteiger partial charge in [-0.1, -0.05) is 72.3 Å². The van der Waals surface area contributed by atoms with Gasteiger partial charge >= 0.3 is 5.97 Å². The molecule has 35 heavy (non-hydrogen) atoms. The number of carbonyl (C=O) groups excluding carboxylic acids is 1. The minimum atomic E-state index is -0.482. The number of aryl methyl sites for hydroxylation is 1. The molecule has 4 aromatic rings. The van der Waals surface area contributed by atoms with Crippen LogP contribution in [0.15, 0.2) is 85.1 Å². The van der Waals surface area contributed by atoms with Crippen LogP contribution in [-0.4, -0.2) is 30.0 Å². The zero-order chi connectivity index (χ0) is 24.8. The van der Waals surface area contributed by atoms with Crippen molar-refractivity contribution in [2.45, 2.75) is 6.61 Å². The smallest absolute Gasteiger partial charge is 0.341 e. The van der Waals surface area contributed by atoms with Gasteiger partial charge in [0.15, 0.2) is 0 Å². The van der Waals surface area contributed by atoms with Gasteiger partial charge in [0, 0.05) is 23.7 Å². The first-order chi connectivity index (χ1) is 17.0. The number of halogens is 1. The highest BCUT2D eigenvalue weighted by Crippen LogP contribution is 2.28. The summed E-state index contributed by atoms with van der Waals surface area (Å²) in [6.07, 6.45) is 1.38. The molecule has 0 saturated carbocycles. The van der Waals surface area contributed by atoms with Crippen molar-refractivity contribution in [3.05, 3.63) is 101 Å². The fraction of sp³-hybridized carbons (Fsp3) is 0.143. The molecule has 0 radical (unpaired) electrons. The van der Waals surface area contributed by atoms with E-state index in [0.29, 0.717) is 22.0 Å². The van der Waals surface area contributed by atoms with Crippen LogP contribution in [0.4, 0.5) is 0 Å². The highest BCUT2D eigenvalue weighted by molar-refractivity contribution is 6.30. The molecule has 0 fully saturated rings. The Labute approximate surface area is 209 Å². The van der Waals surface area contributed by atoms with Gasteiger partial charge in [-0.2, -0.15) is 5.10 Å². The van der Waals surface area contributed by atoms with Gasteiger partial charge in [-0.15, -0.1) is 0 Å². The van der Waals surface area contributed by atoms with Gasteiger partial charge in [0.25, 0.3) is 0 Å². The van der Waals surface area contributed by atoms with Crippen LogP contribution in [0.25, 0.3) is 28.0 Å². The second-order valence-electron chi connectivity index (χ2n) is 7.78. The molecule has 0 aliphatic rings. The first kappa shape index (κ1) is 24.1. The van der Waals surface area contributed by atoms with Gasteiger partial charge in [-0.25, -0.2) is 9.48 Å². The number of benzene rings is 3. The van der Waals surface area contributed by atoms with Gasteiger partial charge in [-0.05, 0) is 34.4 Å². The van der Waals surface area contributed by atoms with E-state index < -0.39 is 5.97 Å². The molecule has 1 heterocycles. The largest absolute Gasteiger partial charge is 0.503 e. The maximum Gasteiger partial charge on any atom is 0.341 e. The van der Waals surface area contributed by atoms with Gasteiger partial charge in [0.05, 0.1) is 26.2 Å². The number of aromatic nitrogens is 2. The molecule has 3 aromatic carbocycles. The Bertz CT molecular complexity index is 1340. The van der Waals surface area contributed by atoms with E-state index in [2.05, 4.69) is 17.2 Å². The number of rotatable bonds is 8. The molecular weight excluding hydrogens is 464 g/mol. The molecule has 6 nitrogen and oxygen atoms in total. The van der Waals surface area contributed by atoms with Crippen LogP contribution in [0.5, 0.6) is 5.88 Å². The van der Waals surface area contributed by atoms with E-state index in [0.717, 1.165) is 27.9 Å². The van der Waals surface area contributed by atoms with Gasteiger partial charge in [0.2, 0.25) is 5.88 Å². The minimum absolute atomic E-state index is 0.239. The van der Waals surface area contributed by atoms with Crippen molar-refractivity contribution in [1.82, 2.24) is 9.78 Å². The number of esters is 1. The summed E-state index contributed by atoms with van der Waals surface area (Å²) in [5, 5.41) is 5.32. The molecule has 178 valence electrons. The lowest BCUT2D eigenvalue weighted by molar-refractivity contribution is -0.133. The molecule has 7 heteroatoms. The van der Waals surface area contributed by atoms with Crippen LogP contribution in [0.3, 0.4) is 0 Å². The average Bonchev–Trinajstić information content (AvgIpc) is 3.26. The number of nitrogens with zero attached hydrogens (tertiary/aromatic N) is 2. The van der Waals surface area contributed by atoms with Crippen molar-refractivity contribution in [2.75, 3.05) is 14.2 Å². The third kappa shape index (κ3) is 5.55. The van der Waals surface area contributed by atoms with Gasteiger partial charge < -0.3 is 14.2 Å². The van der Waals surface area contributed by atoms with Crippen molar-refractivity contribution >= 4 is 23.1 Å². The van der Waals surface area contributed by atoms with Crippen molar-refractivity contribution < 1.29 is 19.0 Å². The highest BCUT2D eigenvalue weighted by Gasteiger charge is 2.17. The van der Waals surface area contributed by atoms with Crippen molar-refractivity contribution in [3.8, 4) is 28.3 Å². The maximum atomic E-state index is 12.2. The van der Waals surface area contributed by atoms with Crippen molar-refractivity contribution in [3.63, 3.8) is 0 Å². The molecular formula is C28H25ClN2O4. The summed E-state index contributed by atoms with van der Waals surface area (Å²) in [6, 6.07) is 25.3. The number of ether oxygens (including phenoxy) is 3. The fourth-order valence-corrected chi connectivity index (χ4v) is 3.84. The van der Waals surface area contributed by atoms with E-state index in [1.54, 1.807) is 4.68 Å². The summed E-state index contributed by atoms with van der Waals surface area (Å²) in [6.45, 7) is 0.239. The Hall–Kier alpha value is -4.03. The molecule has 0 atom stereocenters. The molecule has 0 saturated heterocycles. The predicted octanol–water partition coefficient (Wildman–Crippen LogP) is 6.15. The Balaban J connectivity index is 1.52. The molecule has 0 amide bonds. The average molecular weight is 489 g/mol. The summed E-state index contributed by atoms with van der Waals surface area (Å²) in [4.78, 5) is 12.2. The van der Waals surface area contributed by atoms with Crippen LogP contribution in [0.1, 0.15) is 11.1 Å². The van der Waals surface area contributed by atoms with E-state index in [4.69, 9.17) is 25.8 Å². The standard InChI is InChI=1S/C28H25ClN2O4/c1-31-27(35-17-22-6-4-5-7-24(22)25(18-33-2)28(32)34-3)16-26(30-31)21-10-8-19(9-11-21)20-12-14-23(29)15-13-20/h4-16,18H,17H2,1-3H3/b25-18+. The van der Waals surface area contributed by atoms with E-state index in [9.17, 15) is 4.79 Å². The molecule has 0 N–H and O–H groups in total. The summed E-state index contributed by atoms with van der Waals surface area (Å²) >= 11 is 5.99. The molecule has 0 spiro atoms. The summed E-state index contributed by atoms with van der Waals surface area (Å²) in [5.74, 6) is 0.121. The lowest BCUT2D eigenvalue weighted by Gasteiger charge is -2.12. The van der Waals surface area contributed by atoms with Crippen LogP contribution >= 0.6 is 11.6 Å². The molecule has 0 aliphatic heterocycles. The lowest BCUT2D eigenvalue weighted by Crippen LogP contribution is -2.09.